The first-order valence-corrected chi connectivity index (χ1v) is 7.75. The first kappa shape index (κ1) is 15.8. The van der Waals surface area contributed by atoms with E-state index >= 15 is 0 Å². The van der Waals surface area contributed by atoms with E-state index in [1.54, 1.807) is 0 Å². The van der Waals surface area contributed by atoms with E-state index in [1.165, 1.54) is 15.6 Å². The van der Waals surface area contributed by atoms with Crippen molar-refractivity contribution in [1.82, 2.24) is 4.90 Å². The molecule has 110 valence electrons. The van der Waals surface area contributed by atoms with Crippen molar-refractivity contribution in [2.75, 3.05) is 6.54 Å². The monoisotopic (exact) mass is 358 g/mol. The molecule has 1 amide bonds. The van der Waals surface area contributed by atoms with Gasteiger partial charge in [-0.2, -0.15) is 0 Å². The van der Waals surface area contributed by atoms with E-state index in [0.717, 1.165) is 38.8 Å². The van der Waals surface area contributed by atoms with E-state index in [2.05, 4.69) is 28.1 Å². The van der Waals surface area contributed by atoms with Crippen LogP contribution in [0, 0.1) is 5.92 Å². The molecule has 1 aromatic rings. The van der Waals surface area contributed by atoms with Crippen molar-refractivity contribution in [3.05, 3.63) is 33.8 Å². The van der Waals surface area contributed by atoms with Gasteiger partial charge in [0.15, 0.2) is 0 Å². The van der Waals surface area contributed by atoms with Crippen molar-refractivity contribution < 1.29 is 4.79 Å². The first-order valence-electron chi connectivity index (χ1n) is 6.96. The van der Waals surface area contributed by atoms with Gasteiger partial charge in [0, 0.05) is 29.5 Å². The number of nitrogens with zero attached hydrogens (tertiary/aromatic N) is 1. The Bertz CT molecular complexity index is 509. The topological polar surface area (TPSA) is 46.3 Å². The van der Waals surface area contributed by atoms with Crippen LogP contribution in [-0.4, -0.2) is 23.4 Å². The molecule has 0 bridgehead atoms. The van der Waals surface area contributed by atoms with Crippen molar-refractivity contribution >= 4 is 34.2 Å². The molecule has 2 atom stereocenters. The second-order valence-corrected chi connectivity index (χ2v) is 6.51. The number of carbonyl (C=O) groups is 1. The molecule has 1 aromatic carbocycles. The summed E-state index contributed by atoms with van der Waals surface area (Å²) in [5, 5.41) is 0. The highest BCUT2D eigenvalue weighted by Crippen LogP contribution is 2.30. The van der Waals surface area contributed by atoms with Crippen LogP contribution in [0.4, 0.5) is 0 Å². The Morgan fingerprint density at radius 3 is 2.85 bits per heavy atom. The standard InChI is InChI=1S/C15H19BrN2O.ClH/c16-14-3-1-2-11-9-18(7-6-13(11)14)15(19)10-4-5-12(17)8-10;/h1-3,10,12H,4-9,17H2;1H. The molecule has 3 rings (SSSR count). The van der Waals surface area contributed by atoms with Gasteiger partial charge in [-0.3, -0.25) is 4.79 Å². The van der Waals surface area contributed by atoms with Gasteiger partial charge in [0.2, 0.25) is 5.91 Å². The number of halogens is 2. The van der Waals surface area contributed by atoms with Crippen molar-refractivity contribution in [2.24, 2.45) is 11.7 Å². The Labute approximate surface area is 134 Å². The van der Waals surface area contributed by atoms with Crippen molar-refractivity contribution in [3.63, 3.8) is 0 Å². The van der Waals surface area contributed by atoms with Crippen molar-refractivity contribution in [1.29, 1.82) is 0 Å². The first-order chi connectivity index (χ1) is 9.15. The molecule has 0 aromatic heterocycles. The van der Waals surface area contributed by atoms with Crippen LogP contribution in [0.15, 0.2) is 22.7 Å². The van der Waals surface area contributed by atoms with Gasteiger partial charge in [0.05, 0.1) is 0 Å². The highest BCUT2D eigenvalue weighted by atomic mass is 79.9. The SMILES string of the molecule is Cl.NC1CCC(C(=O)N2CCc3c(Br)cccc3C2)C1. The minimum atomic E-state index is 0. The lowest BCUT2D eigenvalue weighted by molar-refractivity contribution is -0.136. The van der Waals surface area contributed by atoms with Crippen LogP contribution in [0.25, 0.3) is 0 Å². The van der Waals surface area contributed by atoms with Crippen LogP contribution in [0.3, 0.4) is 0 Å². The summed E-state index contributed by atoms with van der Waals surface area (Å²) in [5.74, 6) is 0.460. The number of hydrogen-bond acceptors (Lipinski definition) is 2. The van der Waals surface area contributed by atoms with Gasteiger partial charge in [-0.1, -0.05) is 28.1 Å². The Kier molecular flexibility index (Phi) is 5.10. The van der Waals surface area contributed by atoms with E-state index in [1.807, 2.05) is 11.0 Å². The molecule has 20 heavy (non-hydrogen) atoms. The molecule has 0 spiro atoms. The number of fused-ring (bicyclic) bond motifs is 1. The Morgan fingerprint density at radius 1 is 1.35 bits per heavy atom. The van der Waals surface area contributed by atoms with Crippen LogP contribution < -0.4 is 5.73 Å². The molecule has 2 aliphatic rings. The number of rotatable bonds is 1. The van der Waals surface area contributed by atoms with Crippen LogP contribution >= 0.6 is 28.3 Å². The third-order valence-corrected chi connectivity index (χ3v) is 5.09. The molecule has 1 heterocycles. The zero-order valence-electron chi connectivity index (χ0n) is 11.3. The zero-order valence-corrected chi connectivity index (χ0v) is 13.8. The molecule has 2 unspecified atom stereocenters. The fourth-order valence-electron chi connectivity index (χ4n) is 3.25. The third-order valence-electron chi connectivity index (χ3n) is 4.34. The maximum atomic E-state index is 12.5. The fourth-order valence-corrected chi connectivity index (χ4v) is 3.86. The molecule has 2 N–H and O–H groups in total. The molecule has 1 fully saturated rings. The van der Waals surface area contributed by atoms with E-state index in [9.17, 15) is 4.79 Å². The number of amides is 1. The molecule has 1 saturated carbocycles. The predicted molar refractivity (Wildman–Crippen MR) is 85.8 cm³/mol. The summed E-state index contributed by atoms with van der Waals surface area (Å²) in [4.78, 5) is 14.5. The van der Waals surface area contributed by atoms with Gasteiger partial charge in [0.1, 0.15) is 0 Å². The second-order valence-electron chi connectivity index (χ2n) is 5.66. The van der Waals surface area contributed by atoms with Crippen LogP contribution in [0.1, 0.15) is 30.4 Å². The normalized spacial score (nSPS) is 25.0. The molecule has 5 heteroatoms. The minimum absolute atomic E-state index is 0. The van der Waals surface area contributed by atoms with Crippen LogP contribution in [0.2, 0.25) is 0 Å². The lowest BCUT2D eigenvalue weighted by atomic mass is 9.98. The zero-order chi connectivity index (χ0) is 13.4. The summed E-state index contributed by atoms with van der Waals surface area (Å²) in [5.41, 5.74) is 8.54. The number of benzene rings is 1. The van der Waals surface area contributed by atoms with Crippen molar-refractivity contribution in [2.45, 2.75) is 38.3 Å². The van der Waals surface area contributed by atoms with Gasteiger partial charge < -0.3 is 10.6 Å². The highest BCUT2D eigenvalue weighted by Gasteiger charge is 2.32. The smallest absolute Gasteiger partial charge is 0.226 e. The summed E-state index contributed by atoms with van der Waals surface area (Å²) >= 11 is 3.59. The molecular weight excluding hydrogens is 340 g/mol. The average molecular weight is 360 g/mol. The summed E-state index contributed by atoms with van der Waals surface area (Å²) in [7, 11) is 0. The molecule has 0 radical (unpaired) electrons. The lowest BCUT2D eigenvalue weighted by Crippen LogP contribution is -2.39. The van der Waals surface area contributed by atoms with E-state index in [0.29, 0.717) is 5.91 Å². The van der Waals surface area contributed by atoms with Gasteiger partial charge in [-0.25, -0.2) is 0 Å². The Morgan fingerprint density at radius 2 is 2.15 bits per heavy atom. The number of nitrogens with two attached hydrogens (primary N) is 1. The number of carbonyl (C=O) groups excluding carboxylic acids is 1. The summed E-state index contributed by atoms with van der Waals surface area (Å²) < 4.78 is 1.17. The summed E-state index contributed by atoms with van der Waals surface area (Å²) in [6.45, 7) is 1.58. The quantitative estimate of drug-likeness (QED) is 0.838. The summed E-state index contributed by atoms with van der Waals surface area (Å²) in [6.07, 6.45) is 3.76. The van der Waals surface area contributed by atoms with Gasteiger partial charge >= 0.3 is 0 Å². The largest absolute Gasteiger partial charge is 0.338 e. The molecular formula is C15H20BrClN2O. The van der Waals surface area contributed by atoms with E-state index < -0.39 is 0 Å². The van der Waals surface area contributed by atoms with Gasteiger partial charge in [-0.05, 0) is 42.9 Å². The van der Waals surface area contributed by atoms with Gasteiger partial charge in [0.25, 0.3) is 0 Å². The molecule has 3 nitrogen and oxygen atoms in total. The molecule has 1 aliphatic carbocycles. The predicted octanol–water partition coefficient (Wildman–Crippen LogP) is 2.88. The average Bonchev–Trinajstić information content (AvgIpc) is 2.84. The second kappa shape index (κ2) is 6.46. The van der Waals surface area contributed by atoms with Crippen LogP contribution in [0.5, 0.6) is 0 Å². The minimum Gasteiger partial charge on any atom is -0.338 e. The third kappa shape index (κ3) is 3.02. The van der Waals surface area contributed by atoms with Crippen molar-refractivity contribution in [3.8, 4) is 0 Å². The maximum absolute atomic E-state index is 12.5. The number of hydrogen-bond donors (Lipinski definition) is 1. The van der Waals surface area contributed by atoms with Gasteiger partial charge in [-0.15, -0.1) is 12.4 Å². The summed E-state index contributed by atoms with van der Waals surface area (Å²) in [6, 6.07) is 6.47. The molecule has 1 aliphatic heterocycles. The highest BCUT2D eigenvalue weighted by molar-refractivity contribution is 9.10. The molecule has 0 saturated heterocycles. The Balaban J connectivity index is 0.00000147. The lowest BCUT2D eigenvalue weighted by Gasteiger charge is -2.31. The van der Waals surface area contributed by atoms with E-state index in [-0.39, 0.29) is 24.4 Å². The Hall–Kier alpha value is -0.580. The maximum Gasteiger partial charge on any atom is 0.226 e. The fraction of sp³-hybridized carbons (Fsp3) is 0.533. The van der Waals surface area contributed by atoms with E-state index in [4.69, 9.17) is 5.73 Å². The van der Waals surface area contributed by atoms with Crippen LogP contribution in [-0.2, 0) is 17.8 Å².